The van der Waals surface area contributed by atoms with Crippen LogP contribution in [0.3, 0.4) is 0 Å². The zero-order valence-corrected chi connectivity index (χ0v) is 9.13. The van der Waals surface area contributed by atoms with Crippen LogP contribution < -0.4 is 5.73 Å². The van der Waals surface area contributed by atoms with Gasteiger partial charge in [-0.3, -0.25) is 4.68 Å². The summed E-state index contributed by atoms with van der Waals surface area (Å²) in [5.41, 5.74) is 8.40. The van der Waals surface area contributed by atoms with Crippen LogP contribution in [-0.2, 0) is 7.05 Å². The van der Waals surface area contributed by atoms with Gasteiger partial charge in [0.1, 0.15) is 0 Å². The maximum absolute atomic E-state index is 6.13. The van der Waals surface area contributed by atoms with Crippen LogP contribution in [0.15, 0.2) is 6.20 Å². The SMILES string of the molecule is Cc1nn(C)cc1C(N)C(C)(C)C. The summed E-state index contributed by atoms with van der Waals surface area (Å²) in [6, 6.07) is 0.0567. The van der Waals surface area contributed by atoms with Crippen molar-refractivity contribution in [2.24, 2.45) is 18.2 Å². The van der Waals surface area contributed by atoms with Crippen molar-refractivity contribution in [1.29, 1.82) is 0 Å². The maximum Gasteiger partial charge on any atom is 0.0641 e. The second-order valence-corrected chi connectivity index (χ2v) is 4.69. The number of nitrogens with zero attached hydrogens (tertiary/aromatic N) is 2. The second-order valence-electron chi connectivity index (χ2n) is 4.69. The van der Waals surface area contributed by atoms with Gasteiger partial charge in [-0.05, 0) is 12.3 Å². The molecule has 0 amide bonds. The van der Waals surface area contributed by atoms with Gasteiger partial charge in [0.05, 0.1) is 5.69 Å². The first-order valence-electron chi connectivity index (χ1n) is 4.58. The topological polar surface area (TPSA) is 43.8 Å². The highest BCUT2D eigenvalue weighted by molar-refractivity contribution is 5.21. The predicted molar refractivity (Wildman–Crippen MR) is 54.3 cm³/mol. The van der Waals surface area contributed by atoms with E-state index in [1.165, 1.54) is 0 Å². The second kappa shape index (κ2) is 3.14. The molecule has 1 rings (SSSR count). The van der Waals surface area contributed by atoms with E-state index in [0.717, 1.165) is 11.3 Å². The normalized spacial score (nSPS) is 14.6. The number of rotatable bonds is 1. The average Bonchev–Trinajstić information content (AvgIpc) is 2.26. The zero-order chi connectivity index (χ0) is 10.2. The molecule has 0 aliphatic rings. The van der Waals surface area contributed by atoms with Crippen molar-refractivity contribution in [3.63, 3.8) is 0 Å². The van der Waals surface area contributed by atoms with Crippen molar-refractivity contribution < 1.29 is 0 Å². The molecule has 1 heterocycles. The third-order valence-corrected chi connectivity index (χ3v) is 2.32. The van der Waals surface area contributed by atoms with E-state index in [0.29, 0.717) is 0 Å². The standard InChI is InChI=1S/C10H19N3/c1-7-8(6-13(5)12-7)9(11)10(2,3)4/h6,9H,11H2,1-5H3. The minimum absolute atomic E-state index is 0.0567. The number of nitrogens with two attached hydrogens (primary N) is 1. The molecule has 74 valence electrons. The molecular weight excluding hydrogens is 162 g/mol. The van der Waals surface area contributed by atoms with Crippen LogP contribution in [0.1, 0.15) is 38.1 Å². The zero-order valence-electron chi connectivity index (χ0n) is 9.13. The molecule has 1 aromatic heterocycles. The lowest BCUT2D eigenvalue weighted by molar-refractivity contribution is 0.326. The molecule has 13 heavy (non-hydrogen) atoms. The quantitative estimate of drug-likeness (QED) is 0.717. The van der Waals surface area contributed by atoms with E-state index in [1.54, 1.807) is 0 Å². The Labute approximate surface area is 79.9 Å². The highest BCUT2D eigenvalue weighted by Gasteiger charge is 2.24. The molecule has 1 atom stereocenters. The minimum Gasteiger partial charge on any atom is -0.323 e. The summed E-state index contributed by atoms with van der Waals surface area (Å²) >= 11 is 0. The third-order valence-electron chi connectivity index (χ3n) is 2.32. The molecule has 1 unspecified atom stereocenters. The molecular formula is C10H19N3. The fourth-order valence-corrected chi connectivity index (χ4v) is 1.39. The first-order valence-corrected chi connectivity index (χ1v) is 4.58. The smallest absolute Gasteiger partial charge is 0.0641 e. The Balaban J connectivity index is 3.01. The van der Waals surface area contributed by atoms with Crippen LogP contribution in [-0.4, -0.2) is 9.78 Å². The Morgan fingerprint density at radius 3 is 2.31 bits per heavy atom. The van der Waals surface area contributed by atoms with Crippen molar-refractivity contribution in [2.75, 3.05) is 0 Å². The third kappa shape index (κ3) is 2.10. The first kappa shape index (κ1) is 10.3. The van der Waals surface area contributed by atoms with Crippen LogP contribution in [0, 0.1) is 12.3 Å². The van der Waals surface area contributed by atoms with Crippen LogP contribution in [0.2, 0.25) is 0 Å². The number of aryl methyl sites for hydroxylation is 2. The molecule has 0 bridgehead atoms. The van der Waals surface area contributed by atoms with Gasteiger partial charge in [0, 0.05) is 24.8 Å². The van der Waals surface area contributed by atoms with Crippen LogP contribution in [0.4, 0.5) is 0 Å². The van der Waals surface area contributed by atoms with E-state index in [9.17, 15) is 0 Å². The van der Waals surface area contributed by atoms with Crippen molar-refractivity contribution in [2.45, 2.75) is 33.7 Å². The van der Waals surface area contributed by atoms with Crippen molar-refractivity contribution >= 4 is 0 Å². The Morgan fingerprint density at radius 1 is 1.46 bits per heavy atom. The summed E-state index contributed by atoms with van der Waals surface area (Å²) in [5, 5.41) is 4.28. The van der Waals surface area contributed by atoms with Gasteiger partial charge >= 0.3 is 0 Å². The molecule has 0 fully saturated rings. The molecule has 0 aliphatic carbocycles. The van der Waals surface area contributed by atoms with Crippen molar-refractivity contribution in [3.05, 3.63) is 17.5 Å². The number of hydrogen-bond acceptors (Lipinski definition) is 2. The minimum atomic E-state index is 0.0567. The molecule has 2 N–H and O–H groups in total. The average molecular weight is 181 g/mol. The fourth-order valence-electron chi connectivity index (χ4n) is 1.39. The highest BCUT2D eigenvalue weighted by Crippen LogP contribution is 2.31. The molecule has 0 radical (unpaired) electrons. The van der Waals surface area contributed by atoms with Gasteiger partial charge in [-0.2, -0.15) is 5.10 Å². The predicted octanol–water partition coefficient (Wildman–Crippen LogP) is 1.77. The summed E-state index contributed by atoms with van der Waals surface area (Å²) in [4.78, 5) is 0. The summed E-state index contributed by atoms with van der Waals surface area (Å²) in [5.74, 6) is 0. The lowest BCUT2D eigenvalue weighted by atomic mass is 9.83. The maximum atomic E-state index is 6.13. The van der Waals surface area contributed by atoms with Gasteiger partial charge < -0.3 is 5.73 Å². The Kier molecular flexibility index (Phi) is 2.48. The molecule has 0 spiro atoms. The molecule has 0 saturated carbocycles. The van der Waals surface area contributed by atoms with Crippen LogP contribution >= 0.6 is 0 Å². The number of hydrogen-bond donors (Lipinski definition) is 1. The summed E-state index contributed by atoms with van der Waals surface area (Å²) in [6.07, 6.45) is 2.01. The van der Waals surface area contributed by atoms with Gasteiger partial charge in [-0.15, -0.1) is 0 Å². The van der Waals surface area contributed by atoms with Gasteiger partial charge in [0.25, 0.3) is 0 Å². The van der Waals surface area contributed by atoms with Gasteiger partial charge in [0.2, 0.25) is 0 Å². The van der Waals surface area contributed by atoms with E-state index in [4.69, 9.17) is 5.73 Å². The largest absolute Gasteiger partial charge is 0.323 e. The van der Waals surface area contributed by atoms with Gasteiger partial charge in [-0.1, -0.05) is 20.8 Å². The summed E-state index contributed by atoms with van der Waals surface area (Å²) in [6.45, 7) is 8.43. The van der Waals surface area contributed by atoms with Crippen LogP contribution in [0.5, 0.6) is 0 Å². The lowest BCUT2D eigenvalue weighted by Crippen LogP contribution is -2.26. The first-order chi connectivity index (χ1) is 5.82. The monoisotopic (exact) mass is 181 g/mol. The Hall–Kier alpha value is -0.830. The molecule has 0 saturated heterocycles. The van der Waals surface area contributed by atoms with E-state index in [1.807, 2.05) is 24.9 Å². The van der Waals surface area contributed by atoms with Crippen LogP contribution in [0.25, 0.3) is 0 Å². The molecule has 3 heteroatoms. The summed E-state index contributed by atoms with van der Waals surface area (Å²) in [7, 11) is 1.92. The molecule has 1 aromatic rings. The molecule has 0 aliphatic heterocycles. The summed E-state index contributed by atoms with van der Waals surface area (Å²) < 4.78 is 1.82. The van der Waals surface area contributed by atoms with E-state index >= 15 is 0 Å². The highest BCUT2D eigenvalue weighted by atomic mass is 15.2. The molecule has 0 aromatic carbocycles. The van der Waals surface area contributed by atoms with E-state index < -0.39 is 0 Å². The fraction of sp³-hybridized carbons (Fsp3) is 0.700. The molecule has 3 nitrogen and oxygen atoms in total. The van der Waals surface area contributed by atoms with Gasteiger partial charge in [0.15, 0.2) is 0 Å². The Morgan fingerprint density at radius 2 is 2.00 bits per heavy atom. The lowest BCUT2D eigenvalue weighted by Gasteiger charge is -2.26. The van der Waals surface area contributed by atoms with E-state index in [2.05, 4.69) is 25.9 Å². The Bertz CT molecular complexity index is 294. The van der Waals surface area contributed by atoms with Crippen molar-refractivity contribution in [3.8, 4) is 0 Å². The number of aromatic nitrogens is 2. The van der Waals surface area contributed by atoms with E-state index in [-0.39, 0.29) is 11.5 Å². The van der Waals surface area contributed by atoms with Gasteiger partial charge in [-0.25, -0.2) is 0 Å². The van der Waals surface area contributed by atoms with Crippen molar-refractivity contribution in [1.82, 2.24) is 9.78 Å².